The Morgan fingerprint density at radius 2 is 0.964 bits per heavy atom. The number of nitrogens with one attached hydrogen (secondary N) is 1. The van der Waals surface area contributed by atoms with Gasteiger partial charge in [-0.15, -0.1) is 0 Å². The van der Waals surface area contributed by atoms with Crippen LogP contribution in [0, 0.1) is 3.57 Å². The summed E-state index contributed by atoms with van der Waals surface area (Å²) in [7, 11) is 0. The molecule has 0 aliphatic rings. The third kappa shape index (κ3) is 5.84. The predicted molar refractivity (Wildman–Crippen MR) is 248 cm³/mol. The Bertz CT molecular complexity index is 3370. The lowest BCUT2D eigenvalue weighted by Gasteiger charge is -2.07. The van der Waals surface area contributed by atoms with Crippen molar-refractivity contribution in [2.45, 2.75) is 0 Å². The molecule has 4 heterocycles. The first-order valence-electron chi connectivity index (χ1n) is 17.8. The van der Waals surface area contributed by atoms with Crippen LogP contribution in [0.4, 0.5) is 0 Å². The largest absolute Gasteiger partial charge is 0.456 e. The molecule has 0 saturated heterocycles. The number of para-hydroxylation sites is 3. The quantitative estimate of drug-likeness (QED) is 0.167. The van der Waals surface area contributed by atoms with Crippen LogP contribution in [0.15, 0.2) is 188 Å². The molecule has 0 aliphatic carbocycles. The number of benzene rings is 8. The topological polar surface area (TPSA) is 47.0 Å². The Kier molecular flexibility index (Phi) is 8.73. The Morgan fingerprint density at radius 1 is 0.418 bits per heavy atom. The summed E-state index contributed by atoms with van der Waals surface area (Å²) in [6.45, 7) is 0. The molecule has 4 aromatic heterocycles. The highest BCUT2D eigenvalue weighted by Gasteiger charge is 2.20. The monoisotopic (exact) mass is 952 g/mol. The van der Waals surface area contributed by atoms with Gasteiger partial charge in [0.25, 0.3) is 0 Å². The summed E-state index contributed by atoms with van der Waals surface area (Å²) in [5, 5.41) is 9.55. The van der Waals surface area contributed by atoms with Crippen molar-refractivity contribution in [3.05, 3.63) is 182 Å². The first-order chi connectivity index (χ1) is 27.0. The van der Waals surface area contributed by atoms with Gasteiger partial charge in [0.05, 0.1) is 11.0 Å². The van der Waals surface area contributed by atoms with Crippen molar-refractivity contribution < 1.29 is 10.3 Å². The average Bonchev–Trinajstić information content (AvgIpc) is 3.98. The maximum absolute atomic E-state index is 6.17. The molecule has 0 fully saturated rings. The van der Waals surface area contributed by atoms with E-state index in [0.717, 1.165) is 58.8 Å². The molecule has 0 spiro atoms. The van der Waals surface area contributed by atoms with Crippen molar-refractivity contribution in [1.82, 2.24) is 9.55 Å². The molecule has 0 saturated carbocycles. The van der Waals surface area contributed by atoms with E-state index >= 15 is 0 Å². The van der Waals surface area contributed by atoms with Gasteiger partial charge >= 0.3 is 0 Å². The van der Waals surface area contributed by atoms with Gasteiger partial charge < -0.3 is 18.4 Å². The van der Waals surface area contributed by atoms with E-state index in [1.165, 1.54) is 46.9 Å². The maximum Gasteiger partial charge on any atom is 0.136 e. The third-order valence-corrected chi connectivity index (χ3v) is 12.1. The Balaban J connectivity index is 0.000000125. The highest BCUT2D eigenvalue weighted by molar-refractivity contribution is 14.1. The molecule has 0 unspecified atom stereocenters. The van der Waals surface area contributed by atoms with E-state index in [1.54, 1.807) is 0 Å². The number of halogens is 3. The lowest BCUT2D eigenvalue weighted by atomic mass is 10.1. The van der Waals surface area contributed by atoms with Crippen LogP contribution in [0.3, 0.4) is 0 Å². The van der Waals surface area contributed by atoms with Crippen LogP contribution in [0.5, 0.6) is 0 Å². The zero-order valence-electron chi connectivity index (χ0n) is 29.1. The predicted octanol–water partition coefficient (Wildman–Crippen LogP) is 16.0. The van der Waals surface area contributed by atoms with Crippen LogP contribution in [0.1, 0.15) is 1.43 Å². The van der Waals surface area contributed by atoms with Crippen molar-refractivity contribution in [1.29, 1.82) is 0 Å². The molecule has 0 amide bonds. The molecule has 0 bridgehead atoms. The maximum atomic E-state index is 6.17. The highest BCUT2D eigenvalue weighted by atomic mass is 127. The first kappa shape index (κ1) is 34.2. The number of aromatic amines is 1. The summed E-state index contributed by atoms with van der Waals surface area (Å²) in [5.41, 5.74) is 9.51. The SMILES string of the molecule is Brc1cccc2oc3ccc4[nH]c5ccccc5c4c3c12.Brc1cccc2oc3ccc4c(c5ccccc5n4-c4ccccc4)c3c12.Ic1ccccc1.[HH]. The van der Waals surface area contributed by atoms with Crippen LogP contribution < -0.4 is 0 Å². The Hall–Kier alpha value is -5.35. The molecule has 266 valence electrons. The second kappa shape index (κ2) is 14.1. The van der Waals surface area contributed by atoms with Crippen LogP contribution in [0.25, 0.3) is 93.2 Å². The molecule has 7 heteroatoms. The number of hydrogen-bond acceptors (Lipinski definition) is 2. The Morgan fingerprint density at radius 3 is 1.62 bits per heavy atom. The summed E-state index contributed by atoms with van der Waals surface area (Å²) in [4.78, 5) is 3.49. The van der Waals surface area contributed by atoms with Gasteiger partial charge in [0.2, 0.25) is 0 Å². The minimum Gasteiger partial charge on any atom is -0.456 e. The molecule has 55 heavy (non-hydrogen) atoms. The lowest BCUT2D eigenvalue weighted by molar-refractivity contribution is 0.668. The van der Waals surface area contributed by atoms with Gasteiger partial charge in [-0.3, -0.25) is 0 Å². The van der Waals surface area contributed by atoms with E-state index in [2.05, 4.69) is 185 Å². The van der Waals surface area contributed by atoms with Gasteiger partial charge in [0, 0.05) is 73.8 Å². The smallest absolute Gasteiger partial charge is 0.136 e. The molecule has 4 nitrogen and oxygen atoms in total. The summed E-state index contributed by atoms with van der Waals surface area (Å²) >= 11 is 9.68. The lowest BCUT2D eigenvalue weighted by Crippen LogP contribution is -1.92. The van der Waals surface area contributed by atoms with Gasteiger partial charge in [0.1, 0.15) is 22.3 Å². The van der Waals surface area contributed by atoms with E-state index in [9.17, 15) is 0 Å². The van der Waals surface area contributed by atoms with Crippen molar-refractivity contribution in [2.75, 3.05) is 0 Å². The van der Waals surface area contributed by atoms with Gasteiger partial charge in [-0.05, 0) is 108 Å². The molecule has 8 aromatic carbocycles. The number of fused-ring (bicyclic) bond motifs is 14. The second-order valence-corrected chi connectivity index (χ2v) is 16.2. The molecule has 0 atom stereocenters. The van der Waals surface area contributed by atoms with E-state index in [4.69, 9.17) is 8.83 Å². The van der Waals surface area contributed by atoms with Gasteiger partial charge in [-0.25, -0.2) is 0 Å². The fourth-order valence-corrected chi connectivity index (χ4v) is 9.31. The minimum absolute atomic E-state index is 0. The van der Waals surface area contributed by atoms with Crippen molar-refractivity contribution in [3.8, 4) is 5.69 Å². The molecule has 12 rings (SSSR count). The van der Waals surface area contributed by atoms with Crippen molar-refractivity contribution in [3.63, 3.8) is 0 Å². The van der Waals surface area contributed by atoms with Crippen LogP contribution >= 0.6 is 54.5 Å². The molecular formula is C48H31Br2IN2O2. The van der Waals surface area contributed by atoms with Gasteiger partial charge in [-0.1, -0.05) is 117 Å². The molecule has 0 radical (unpaired) electrons. The van der Waals surface area contributed by atoms with Crippen molar-refractivity contribution in [2.24, 2.45) is 0 Å². The highest BCUT2D eigenvalue weighted by Crippen LogP contribution is 2.44. The number of hydrogen-bond donors (Lipinski definition) is 1. The zero-order valence-corrected chi connectivity index (χ0v) is 34.4. The number of nitrogens with zero attached hydrogens (tertiary/aromatic N) is 1. The average molecular weight is 955 g/mol. The Labute approximate surface area is 347 Å². The van der Waals surface area contributed by atoms with Crippen LogP contribution in [-0.4, -0.2) is 9.55 Å². The molecule has 12 aromatic rings. The zero-order chi connectivity index (χ0) is 37.0. The van der Waals surface area contributed by atoms with E-state index < -0.39 is 0 Å². The standard InChI is InChI=1S/C24H14BrNO.C18H10BrNO.C6H5I.H2/c25-17-10-6-12-20-23(17)24-21(27-20)14-13-19-22(24)16-9-4-5-11-18(16)26(19)15-7-2-1-3-8-15;19-11-5-3-7-14-17(11)18-15(21-14)9-8-13-16(18)10-4-1-2-6-12(10)20-13;7-6-4-2-1-3-5-6;/h1-14H;1-9,20H;1-5H;1H. The van der Waals surface area contributed by atoms with Gasteiger partial charge in [-0.2, -0.15) is 0 Å². The summed E-state index contributed by atoms with van der Waals surface area (Å²) < 4.78 is 17.9. The minimum atomic E-state index is 0. The van der Waals surface area contributed by atoms with Crippen LogP contribution in [-0.2, 0) is 0 Å². The third-order valence-electron chi connectivity index (χ3n) is 10.1. The summed E-state index contributed by atoms with van der Waals surface area (Å²) in [6, 6.07) is 58.3. The van der Waals surface area contributed by atoms with E-state index in [-0.39, 0.29) is 1.43 Å². The fourth-order valence-electron chi connectivity index (χ4n) is 7.80. The number of furan rings is 2. The van der Waals surface area contributed by atoms with Crippen LogP contribution in [0.2, 0.25) is 0 Å². The summed E-state index contributed by atoms with van der Waals surface area (Å²) in [6.07, 6.45) is 0. The normalized spacial score (nSPS) is 11.5. The van der Waals surface area contributed by atoms with E-state index in [0.29, 0.717) is 0 Å². The van der Waals surface area contributed by atoms with E-state index in [1.807, 2.05) is 48.5 Å². The molecule has 0 aliphatic heterocycles. The summed E-state index contributed by atoms with van der Waals surface area (Å²) in [5.74, 6) is 0. The number of rotatable bonds is 1. The van der Waals surface area contributed by atoms with Crippen molar-refractivity contribution >= 4 is 142 Å². The fraction of sp³-hybridized carbons (Fsp3) is 0. The second-order valence-electron chi connectivity index (χ2n) is 13.3. The number of aromatic nitrogens is 2. The van der Waals surface area contributed by atoms with Gasteiger partial charge in [0.15, 0.2) is 0 Å². The molecular weight excluding hydrogens is 923 g/mol. The first-order valence-corrected chi connectivity index (χ1v) is 20.5. The number of H-pyrrole nitrogens is 1. The molecule has 1 N–H and O–H groups in total.